The molecule has 0 spiro atoms. The highest BCUT2D eigenvalue weighted by Gasteiger charge is 2.05. The van der Waals surface area contributed by atoms with E-state index >= 15 is 0 Å². The van der Waals surface area contributed by atoms with Crippen LogP contribution in [0.5, 0.6) is 0 Å². The van der Waals surface area contributed by atoms with Crippen molar-refractivity contribution in [3.63, 3.8) is 0 Å². The van der Waals surface area contributed by atoms with Crippen molar-refractivity contribution in [3.05, 3.63) is 6.26 Å². The second kappa shape index (κ2) is 2.46. The Labute approximate surface area is 53.7 Å². The zero-order valence-corrected chi connectivity index (χ0v) is 5.46. The van der Waals surface area contributed by atoms with E-state index in [1.807, 2.05) is 13.8 Å². The van der Waals surface area contributed by atoms with Crippen LogP contribution in [0.25, 0.3) is 0 Å². The van der Waals surface area contributed by atoms with Gasteiger partial charge in [0, 0.05) is 11.8 Å². The van der Waals surface area contributed by atoms with Gasteiger partial charge in [-0.2, -0.15) is 0 Å². The molecule has 0 aliphatic carbocycles. The minimum atomic E-state index is 0.298. The standard InChI is InChI=1S/C6H8N2O/c1-5(2)6-8-7-3-4-9-6/h4-5H,1-2H3. The van der Waals surface area contributed by atoms with Crippen molar-refractivity contribution < 1.29 is 4.74 Å². The normalized spacial score (nSPS) is 15.7. The summed E-state index contributed by atoms with van der Waals surface area (Å²) in [5.41, 5.74) is 0. The largest absolute Gasteiger partial charge is 0.439 e. The fourth-order valence-corrected chi connectivity index (χ4v) is 0.464. The van der Waals surface area contributed by atoms with E-state index in [1.165, 1.54) is 6.26 Å². The average Bonchev–Trinajstić information content (AvgIpc) is 1.90. The summed E-state index contributed by atoms with van der Waals surface area (Å²) in [5.74, 6) is 3.41. The molecule has 3 heteroatoms. The fraction of sp³-hybridized carbons (Fsp3) is 0.500. The summed E-state index contributed by atoms with van der Waals surface area (Å²) in [6.45, 7) is 3.99. The smallest absolute Gasteiger partial charge is 0.218 e. The minimum Gasteiger partial charge on any atom is -0.439 e. The van der Waals surface area contributed by atoms with Crippen LogP contribution in [0.3, 0.4) is 0 Å². The molecule has 1 aliphatic rings. The maximum atomic E-state index is 4.96. The van der Waals surface area contributed by atoms with Crippen LogP contribution >= 0.6 is 0 Å². The molecule has 0 atom stereocenters. The number of hydrogen-bond donors (Lipinski definition) is 0. The van der Waals surface area contributed by atoms with Gasteiger partial charge in [0.1, 0.15) is 0 Å². The van der Waals surface area contributed by atoms with Gasteiger partial charge in [0.2, 0.25) is 5.90 Å². The van der Waals surface area contributed by atoms with Gasteiger partial charge in [0.15, 0.2) is 6.26 Å². The van der Waals surface area contributed by atoms with Crippen LogP contribution in [0, 0.1) is 5.92 Å². The highest BCUT2D eigenvalue weighted by molar-refractivity contribution is 5.80. The predicted octanol–water partition coefficient (Wildman–Crippen LogP) is 1.17. The van der Waals surface area contributed by atoms with E-state index in [9.17, 15) is 0 Å². The third-order valence-electron chi connectivity index (χ3n) is 0.933. The molecule has 1 aliphatic heterocycles. The molecule has 0 aromatic rings. The first kappa shape index (κ1) is 6.05. The summed E-state index contributed by atoms with van der Waals surface area (Å²) < 4.78 is 4.96. The number of ether oxygens (including phenoxy) is 1. The molecular formula is C6H8N2O. The van der Waals surface area contributed by atoms with Gasteiger partial charge in [-0.1, -0.05) is 18.9 Å². The van der Waals surface area contributed by atoms with Crippen molar-refractivity contribution in [2.75, 3.05) is 0 Å². The lowest BCUT2D eigenvalue weighted by Gasteiger charge is -2.05. The van der Waals surface area contributed by atoms with Crippen molar-refractivity contribution >= 4 is 11.8 Å². The average molecular weight is 124 g/mol. The Morgan fingerprint density at radius 3 is 2.78 bits per heavy atom. The Balaban J connectivity index is 2.66. The first-order valence-electron chi connectivity index (χ1n) is 2.82. The summed E-state index contributed by atoms with van der Waals surface area (Å²) in [4.78, 5) is 0. The fourth-order valence-electron chi connectivity index (χ4n) is 0.464. The zero-order chi connectivity index (χ0) is 6.69. The zero-order valence-electron chi connectivity index (χ0n) is 5.46. The summed E-state index contributed by atoms with van der Waals surface area (Å²) in [5, 5.41) is 7.24. The Bertz CT molecular complexity index is 187. The maximum Gasteiger partial charge on any atom is 0.218 e. The predicted molar refractivity (Wildman–Crippen MR) is 35.4 cm³/mol. The molecule has 0 fully saturated rings. The maximum absolute atomic E-state index is 4.96. The molecule has 9 heavy (non-hydrogen) atoms. The minimum absolute atomic E-state index is 0.298. The van der Waals surface area contributed by atoms with E-state index in [-0.39, 0.29) is 0 Å². The first-order chi connectivity index (χ1) is 4.30. The van der Waals surface area contributed by atoms with E-state index < -0.39 is 0 Å². The molecule has 1 rings (SSSR count). The van der Waals surface area contributed by atoms with Gasteiger partial charge >= 0.3 is 0 Å². The molecule has 0 saturated carbocycles. The lowest BCUT2D eigenvalue weighted by atomic mass is 10.2. The SMILES string of the molecule is CC(C)C1=NN=C=CO1. The van der Waals surface area contributed by atoms with Gasteiger partial charge in [-0.3, -0.25) is 0 Å². The monoisotopic (exact) mass is 124 g/mol. The van der Waals surface area contributed by atoms with Crippen LogP contribution in [-0.2, 0) is 4.74 Å². The molecule has 0 unspecified atom stereocenters. The Kier molecular flexibility index (Phi) is 1.66. The number of rotatable bonds is 1. The molecule has 0 aromatic heterocycles. The second-order valence-electron chi connectivity index (χ2n) is 2.06. The van der Waals surface area contributed by atoms with E-state index in [1.54, 1.807) is 0 Å². The van der Waals surface area contributed by atoms with Crippen LogP contribution in [0.4, 0.5) is 0 Å². The van der Waals surface area contributed by atoms with Crippen LogP contribution in [-0.4, -0.2) is 11.8 Å². The molecule has 0 bridgehead atoms. The van der Waals surface area contributed by atoms with E-state index in [0.29, 0.717) is 11.8 Å². The van der Waals surface area contributed by atoms with Crippen molar-refractivity contribution in [3.8, 4) is 0 Å². The van der Waals surface area contributed by atoms with Gasteiger partial charge in [0.25, 0.3) is 0 Å². The first-order valence-corrected chi connectivity index (χ1v) is 2.82. The topological polar surface area (TPSA) is 34.0 Å². The van der Waals surface area contributed by atoms with Crippen LogP contribution in [0.2, 0.25) is 0 Å². The van der Waals surface area contributed by atoms with Gasteiger partial charge < -0.3 is 4.74 Å². The van der Waals surface area contributed by atoms with Gasteiger partial charge in [-0.25, -0.2) is 0 Å². The summed E-state index contributed by atoms with van der Waals surface area (Å²) >= 11 is 0. The molecule has 3 nitrogen and oxygen atoms in total. The van der Waals surface area contributed by atoms with Gasteiger partial charge in [-0.05, 0) is 0 Å². The lowest BCUT2D eigenvalue weighted by molar-refractivity contribution is 0.435. The summed E-state index contributed by atoms with van der Waals surface area (Å²) in [6.07, 6.45) is 1.41. The molecule has 0 aromatic carbocycles. The molecule has 0 N–H and O–H groups in total. The van der Waals surface area contributed by atoms with Crippen molar-refractivity contribution in [1.82, 2.24) is 0 Å². The third-order valence-corrected chi connectivity index (χ3v) is 0.933. The van der Waals surface area contributed by atoms with Crippen LogP contribution in [0.15, 0.2) is 16.5 Å². The molecule has 48 valence electrons. The van der Waals surface area contributed by atoms with Crippen molar-refractivity contribution in [2.45, 2.75) is 13.8 Å². The van der Waals surface area contributed by atoms with Crippen molar-refractivity contribution in [1.29, 1.82) is 0 Å². The van der Waals surface area contributed by atoms with E-state index in [0.717, 1.165) is 0 Å². The molecule has 0 radical (unpaired) electrons. The highest BCUT2D eigenvalue weighted by atomic mass is 16.5. The van der Waals surface area contributed by atoms with Crippen molar-refractivity contribution in [2.24, 2.45) is 16.1 Å². The summed E-state index contributed by atoms with van der Waals surface area (Å²) in [6, 6.07) is 0. The molecule has 0 saturated heterocycles. The van der Waals surface area contributed by atoms with E-state index in [2.05, 4.69) is 16.1 Å². The summed E-state index contributed by atoms with van der Waals surface area (Å²) in [7, 11) is 0. The van der Waals surface area contributed by atoms with Crippen LogP contribution in [0.1, 0.15) is 13.8 Å². The lowest BCUT2D eigenvalue weighted by Crippen LogP contribution is -2.09. The molecule has 0 amide bonds. The molecular weight excluding hydrogens is 116 g/mol. The second-order valence-corrected chi connectivity index (χ2v) is 2.06. The number of hydrogen-bond acceptors (Lipinski definition) is 3. The van der Waals surface area contributed by atoms with E-state index in [4.69, 9.17) is 4.74 Å². The third kappa shape index (κ3) is 1.40. The Hall–Kier alpha value is -1.08. The quantitative estimate of drug-likeness (QED) is 0.516. The number of nitrogens with zero attached hydrogens (tertiary/aromatic N) is 2. The Morgan fingerprint density at radius 2 is 2.44 bits per heavy atom. The Morgan fingerprint density at radius 1 is 1.67 bits per heavy atom. The van der Waals surface area contributed by atoms with Gasteiger partial charge in [0.05, 0.1) is 0 Å². The van der Waals surface area contributed by atoms with Gasteiger partial charge in [-0.15, -0.1) is 5.10 Å². The van der Waals surface area contributed by atoms with Crippen LogP contribution < -0.4 is 0 Å². The molecule has 1 heterocycles. The highest BCUT2D eigenvalue weighted by Crippen LogP contribution is 2.01.